The number of carbonyl (C=O) groups excluding carboxylic acids is 2. The topological polar surface area (TPSA) is 74.8 Å². The largest absolute Gasteiger partial charge is 0.335 e. The van der Waals surface area contributed by atoms with E-state index in [9.17, 15) is 18.0 Å². The zero-order valence-corrected chi connectivity index (χ0v) is 19.4. The van der Waals surface area contributed by atoms with Gasteiger partial charge in [-0.2, -0.15) is 4.31 Å². The second-order valence-electron chi connectivity index (χ2n) is 8.25. The molecule has 2 aliphatic rings. The highest BCUT2D eigenvalue weighted by molar-refractivity contribution is 7.89. The van der Waals surface area contributed by atoms with Crippen molar-refractivity contribution < 1.29 is 18.0 Å². The summed E-state index contributed by atoms with van der Waals surface area (Å²) in [5, 5.41) is 0. The molecule has 8 heteroatoms. The molecule has 0 spiro atoms. The smallest absolute Gasteiger partial charge is 0.264 e. The summed E-state index contributed by atoms with van der Waals surface area (Å²) in [5.74, 6) is -0.0859. The molecule has 1 aliphatic heterocycles. The molecule has 0 bridgehead atoms. The standard InChI is InChI=1S/C23H28N2O4S2/c1-17(26)18-8-10-20(11-9-18)31(28,29)25-14-12-24(13-15-25)23(27)22-16-19-6-4-2-3-5-7-21(19)30-22/h8-11,16H,2-7,12-15H2,1H3. The van der Waals surface area contributed by atoms with Crippen LogP contribution in [0.3, 0.4) is 0 Å². The molecule has 0 atom stereocenters. The first-order valence-electron chi connectivity index (χ1n) is 10.9. The lowest BCUT2D eigenvalue weighted by Gasteiger charge is -2.33. The van der Waals surface area contributed by atoms with Gasteiger partial charge in [-0.25, -0.2) is 8.42 Å². The van der Waals surface area contributed by atoms with Crippen molar-refractivity contribution >= 4 is 33.1 Å². The number of amides is 1. The maximum atomic E-state index is 13.1. The predicted molar refractivity (Wildman–Crippen MR) is 121 cm³/mol. The molecular weight excluding hydrogens is 432 g/mol. The molecule has 1 aromatic heterocycles. The van der Waals surface area contributed by atoms with Crippen LogP contribution in [0.4, 0.5) is 0 Å². The average molecular weight is 461 g/mol. The summed E-state index contributed by atoms with van der Waals surface area (Å²) in [6, 6.07) is 8.10. The molecular formula is C23H28N2O4S2. The van der Waals surface area contributed by atoms with Crippen molar-refractivity contribution in [1.29, 1.82) is 0 Å². The Morgan fingerprint density at radius 2 is 1.55 bits per heavy atom. The summed E-state index contributed by atoms with van der Waals surface area (Å²) in [6.45, 7) is 2.76. The van der Waals surface area contributed by atoms with E-state index in [1.165, 1.54) is 71.6 Å². The van der Waals surface area contributed by atoms with Gasteiger partial charge in [0.05, 0.1) is 9.77 Å². The van der Waals surface area contributed by atoms with Gasteiger partial charge in [-0.05, 0) is 56.4 Å². The molecule has 1 amide bonds. The third kappa shape index (κ3) is 4.76. The Hall–Kier alpha value is -2.03. The van der Waals surface area contributed by atoms with E-state index in [0.717, 1.165) is 17.7 Å². The Morgan fingerprint density at radius 3 is 2.19 bits per heavy atom. The molecule has 6 nitrogen and oxygen atoms in total. The molecule has 1 aromatic carbocycles. The van der Waals surface area contributed by atoms with Crippen LogP contribution in [0.5, 0.6) is 0 Å². The zero-order valence-electron chi connectivity index (χ0n) is 17.8. The van der Waals surface area contributed by atoms with Crippen molar-refractivity contribution in [3.05, 3.63) is 51.2 Å². The van der Waals surface area contributed by atoms with Crippen molar-refractivity contribution in [2.45, 2.75) is 50.3 Å². The highest BCUT2D eigenvalue weighted by atomic mass is 32.2. The second-order valence-corrected chi connectivity index (χ2v) is 11.3. The summed E-state index contributed by atoms with van der Waals surface area (Å²) in [7, 11) is -3.64. The number of aryl methyl sites for hydroxylation is 2. The lowest BCUT2D eigenvalue weighted by molar-refractivity contribution is 0.0702. The highest BCUT2D eigenvalue weighted by Crippen LogP contribution is 2.30. The van der Waals surface area contributed by atoms with Gasteiger partial charge in [0.15, 0.2) is 5.78 Å². The third-order valence-corrected chi connectivity index (χ3v) is 9.27. The molecule has 2 heterocycles. The normalized spacial score (nSPS) is 18.2. The Labute approximate surface area is 187 Å². The molecule has 1 fully saturated rings. The SMILES string of the molecule is CC(=O)c1ccc(S(=O)(=O)N2CCN(C(=O)c3cc4c(s3)CCCCCC4)CC2)cc1. The lowest BCUT2D eigenvalue weighted by Crippen LogP contribution is -2.50. The highest BCUT2D eigenvalue weighted by Gasteiger charge is 2.31. The monoisotopic (exact) mass is 460 g/mol. The fourth-order valence-electron chi connectivity index (χ4n) is 4.25. The van der Waals surface area contributed by atoms with Gasteiger partial charge in [0.25, 0.3) is 5.91 Å². The van der Waals surface area contributed by atoms with Crippen LogP contribution >= 0.6 is 11.3 Å². The lowest BCUT2D eigenvalue weighted by atomic mass is 10.00. The van der Waals surface area contributed by atoms with Gasteiger partial charge in [-0.3, -0.25) is 9.59 Å². The summed E-state index contributed by atoms with van der Waals surface area (Å²) < 4.78 is 27.3. The van der Waals surface area contributed by atoms with Crippen LogP contribution in [0.15, 0.2) is 35.2 Å². The number of hydrogen-bond donors (Lipinski definition) is 0. The van der Waals surface area contributed by atoms with Crippen molar-refractivity contribution in [3.63, 3.8) is 0 Å². The minimum Gasteiger partial charge on any atom is -0.335 e. The van der Waals surface area contributed by atoms with Crippen molar-refractivity contribution in [2.75, 3.05) is 26.2 Å². The van der Waals surface area contributed by atoms with E-state index in [4.69, 9.17) is 0 Å². The van der Waals surface area contributed by atoms with Crippen LogP contribution in [0.1, 0.15) is 63.1 Å². The van der Waals surface area contributed by atoms with E-state index in [0.29, 0.717) is 18.7 Å². The van der Waals surface area contributed by atoms with Crippen LogP contribution < -0.4 is 0 Å². The quantitative estimate of drug-likeness (QED) is 0.651. The van der Waals surface area contributed by atoms with Crippen LogP contribution in [0.2, 0.25) is 0 Å². The van der Waals surface area contributed by atoms with Gasteiger partial charge in [0.2, 0.25) is 10.0 Å². The van der Waals surface area contributed by atoms with Crippen LogP contribution in [-0.2, 0) is 22.9 Å². The molecule has 0 saturated carbocycles. The first-order valence-corrected chi connectivity index (χ1v) is 13.1. The molecule has 0 radical (unpaired) electrons. The van der Waals surface area contributed by atoms with Gasteiger partial charge in [-0.15, -0.1) is 11.3 Å². The Morgan fingerprint density at radius 1 is 0.903 bits per heavy atom. The molecule has 31 heavy (non-hydrogen) atoms. The number of nitrogens with zero attached hydrogens (tertiary/aromatic N) is 2. The summed E-state index contributed by atoms with van der Waals surface area (Å²) in [4.78, 5) is 28.6. The molecule has 1 aliphatic carbocycles. The maximum absolute atomic E-state index is 13.1. The number of benzene rings is 1. The molecule has 166 valence electrons. The maximum Gasteiger partial charge on any atom is 0.264 e. The third-order valence-electron chi connectivity index (χ3n) is 6.13. The molecule has 0 unspecified atom stereocenters. The number of rotatable bonds is 4. The van der Waals surface area contributed by atoms with Gasteiger partial charge < -0.3 is 4.90 Å². The fourth-order valence-corrected chi connectivity index (χ4v) is 6.89. The number of thiophene rings is 1. The Balaban J connectivity index is 1.41. The first kappa shape index (κ1) is 22.2. The fraction of sp³-hybridized carbons (Fsp3) is 0.478. The van der Waals surface area contributed by atoms with Crippen LogP contribution in [-0.4, -0.2) is 55.5 Å². The first-order chi connectivity index (χ1) is 14.9. The number of carbonyl (C=O) groups is 2. The average Bonchev–Trinajstić information content (AvgIpc) is 3.15. The number of piperazine rings is 1. The summed E-state index contributed by atoms with van der Waals surface area (Å²) in [6.07, 6.45) is 6.99. The Bertz CT molecular complexity index is 1040. The number of Topliss-reactive ketones (excluding diaryl/α,β-unsaturated/α-hetero) is 1. The molecule has 4 rings (SSSR count). The minimum atomic E-state index is -3.64. The van der Waals surface area contributed by atoms with E-state index < -0.39 is 10.0 Å². The van der Waals surface area contributed by atoms with E-state index in [1.807, 2.05) is 0 Å². The predicted octanol–water partition coefficient (Wildman–Crippen LogP) is 3.76. The second kappa shape index (κ2) is 9.22. The number of ketones is 1. The molecule has 1 saturated heterocycles. The zero-order chi connectivity index (χ0) is 22.0. The van der Waals surface area contributed by atoms with Crippen molar-refractivity contribution in [3.8, 4) is 0 Å². The van der Waals surface area contributed by atoms with E-state index in [1.54, 1.807) is 16.2 Å². The van der Waals surface area contributed by atoms with Crippen molar-refractivity contribution in [2.24, 2.45) is 0 Å². The summed E-state index contributed by atoms with van der Waals surface area (Å²) in [5.41, 5.74) is 1.81. The van der Waals surface area contributed by atoms with Gasteiger partial charge >= 0.3 is 0 Å². The van der Waals surface area contributed by atoms with E-state index in [-0.39, 0.29) is 29.7 Å². The van der Waals surface area contributed by atoms with E-state index >= 15 is 0 Å². The van der Waals surface area contributed by atoms with Gasteiger partial charge in [0.1, 0.15) is 0 Å². The van der Waals surface area contributed by atoms with Gasteiger partial charge in [0, 0.05) is 36.6 Å². The number of fused-ring (bicyclic) bond motifs is 1. The Kier molecular flexibility index (Phi) is 6.60. The number of sulfonamides is 1. The van der Waals surface area contributed by atoms with Crippen LogP contribution in [0.25, 0.3) is 0 Å². The number of hydrogen-bond acceptors (Lipinski definition) is 5. The van der Waals surface area contributed by atoms with Gasteiger partial charge in [-0.1, -0.05) is 25.0 Å². The summed E-state index contributed by atoms with van der Waals surface area (Å²) >= 11 is 1.62. The van der Waals surface area contributed by atoms with Crippen LogP contribution in [0, 0.1) is 0 Å². The minimum absolute atomic E-state index is 0.0135. The van der Waals surface area contributed by atoms with E-state index in [2.05, 4.69) is 6.07 Å². The molecule has 0 N–H and O–H groups in total. The molecule has 2 aromatic rings. The van der Waals surface area contributed by atoms with Crippen molar-refractivity contribution in [1.82, 2.24) is 9.21 Å².